The SMILES string of the molecule is CCOC(=O)N1CCCNC(=O)c2ccc(cc2)Cc2nc(nc(OCC(F)(F)F)n2)NCc2ccc(cc2)OCC1. The van der Waals surface area contributed by atoms with Gasteiger partial charge in [-0.15, -0.1) is 0 Å². The normalized spacial score (nSPS) is 14.9. The molecule has 5 heterocycles. The molecule has 0 aliphatic carbocycles. The average molecular weight is 589 g/mol. The highest BCUT2D eigenvalue weighted by molar-refractivity contribution is 5.94. The number of hydrogen-bond donors (Lipinski definition) is 2. The van der Waals surface area contributed by atoms with E-state index in [0.717, 1.165) is 11.1 Å². The number of benzene rings is 2. The third-order valence-corrected chi connectivity index (χ3v) is 6.02. The van der Waals surface area contributed by atoms with E-state index < -0.39 is 24.9 Å². The van der Waals surface area contributed by atoms with E-state index in [1.165, 1.54) is 4.90 Å². The minimum absolute atomic E-state index is 0.0472. The van der Waals surface area contributed by atoms with Crippen molar-refractivity contribution in [2.24, 2.45) is 0 Å². The minimum atomic E-state index is -4.56. The van der Waals surface area contributed by atoms with Gasteiger partial charge in [0.2, 0.25) is 5.95 Å². The smallest absolute Gasteiger partial charge is 0.422 e. The highest BCUT2D eigenvalue weighted by atomic mass is 19.4. The summed E-state index contributed by atoms with van der Waals surface area (Å²) < 4.78 is 54.0. The Bertz CT molecular complexity index is 1340. The number of anilines is 1. The zero-order valence-corrected chi connectivity index (χ0v) is 22.9. The molecule has 1 aromatic heterocycles. The van der Waals surface area contributed by atoms with Gasteiger partial charge >= 0.3 is 18.3 Å². The van der Waals surface area contributed by atoms with Crippen LogP contribution >= 0.6 is 0 Å². The Morgan fingerprint density at radius 3 is 2.45 bits per heavy atom. The van der Waals surface area contributed by atoms with Crippen LogP contribution in [-0.2, 0) is 17.7 Å². The number of hydrogen-bond acceptors (Lipinski definition) is 9. The summed E-state index contributed by atoms with van der Waals surface area (Å²) in [6.45, 7) is 1.91. The molecule has 0 fully saturated rings. The first-order valence-electron chi connectivity index (χ1n) is 13.4. The molecule has 42 heavy (non-hydrogen) atoms. The quantitative estimate of drug-likeness (QED) is 0.467. The third kappa shape index (κ3) is 9.49. The van der Waals surface area contributed by atoms with Crippen LogP contribution in [0.1, 0.15) is 40.7 Å². The fraction of sp³-hybridized carbons (Fsp3) is 0.393. The fourth-order valence-corrected chi connectivity index (χ4v) is 3.97. The molecule has 11 nitrogen and oxygen atoms in total. The number of nitrogens with one attached hydrogen (secondary N) is 2. The molecule has 2 amide bonds. The first-order chi connectivity index (χ1) is 20.2. The van der Waals surface area contributed by atoms with Crippen molar-refractivity contribution in [3.63, 3.8) is 0 Å². The maximum absolute atomic E-state index is 12.8. The van der Waals surface area contributed by atoms with Crippen molar-refractivity contribution < 1.29 is 37.0 Å². The molecule has 0 saturated carbocycles. The van der Waals surface area contributed by atoms with E-state index in [-0.39, 0.29) is 50.4 Å². The largest absolute Gasteiger partial charge is 0.492 e. The lowest BCUT2D eigenvalue weighted by Crippen LogP contribution is -2.37. The molecule has 6 bridgehead atoms. The van der Waals surface area contributed by atoms with Crippen LogP contribution in [0.2, 0.25) is 0 Å². The van der Waals surface area contributed by atoms with E-state index in [0.29, 0.717) is 30.8 Å². The number of amides is 2. The van der Waals surface area contributed by atoms with Crippen LogP contribution in [0.25, 0.3) is 0 Å². The van der Waals surface area contributed by atoms with Gasteiger partial charge in [0.15, 0.2) is 6.61 Å². The van der Waals surface area contributed by atoms with Gasteiger partial charge in [0.25, 0.3) is 5.91 Å². The molecule has 4 aliphatic heterocycles. The lowest BCUT2D eigenvalue weighted by Gasteiger charge is -2.22. The second-order valence-electron chi connectivity index (χ2n) is 9.28. The van der Waals surface area contributed by atoms with Crippen LogP contribution in [0.5, 0.6) is 11.8 Å². The van der Waals surface area contributed by atoms with E-state index in [4.69, 9.17) is 14.2 Å². The molecule has 2 aromatic carbocycles. The number of alkyl halides is 3. The van der Waals surface area contributed by atoms with Gasteiger partial charge in [-0.05, 0) is 48.7 Å². The summed E-state index contributed by atoms with van der Waals surface area (Å²) in [6, 6.07) is 13.4. The average Bonchev–Trinajstić information content (AvgIpc) is 2.96. The molecule has 0 saturated heterocycles. The van der Waals surface area contributed by atoms with Gasteiger partial charge in [-0.1, -0.05) is 24.3 Å². The van der Waals surface area contributed by atoms with Crippen molar-refractivity contribution in [1.29, 1.82) is 0 Å². The Hall–Kier alpha value is -4.62. The van der Waals surface area contributed by atoms with Gasteiger partial charge in [0.1, 0.15) is 18.2 Å². The number of aromatic nitrogens is 3. The molecule has 224 valence electrons. The second kappa shape index (κ2) is 14.3. The van der Waals surface area contributed by atoms with Crippen LogP contribution < -0.4 is 20.1 Å². The summed E-state index contributed by atoms with van der Waals surface area (Å²) in [5, 5.41) is 5.83. The lowest BCUT2D eigenvalue weighted by atomic mass is 10.1. The summed E-state index contributed by atoms with van der Waals surface area (Å²) in [6.07, 6.45) is -4.35. The van der Waals surface area contributed by atoms with Gasteiger partial charge in [0.05, 0.1) is 13.2 Å². The van der Waals surface area contributed by atoms with Crippen LogP contribution in [0.3, 0.4) is 0 Å². The van der Waals surface area contributed by atoms with Crippen LogP contribution in [0, 0.1) is 0 Å². The Labute approximate surface area is 240 Å². The summed E-state index contributed by atoms with van der Waals surface area (Å²) in [4.78, 5) is 38.9. The molecule has 0 radical (unpaired) electrons. The molecule has 2 N–H and O–H groups in total. The number of nitrogens with zero attached hydrogens (tertiary/aromatic N) is 4. The van der Waals surface area contributed by atoms with E-state index in [1.54, 1.807) is 43.3 Å². The molecule has 14 heteroatoms. The summed E-state index contributed by atoms with van der Waals surface area (Å²) in [5.41, 5.74) is 1.98. The van der Waals surface area contributed by atoms with Crippen molar-refractivity contribution in [1.82, 2.24) is 25.2 Å². The second-order valence-corrected chi connectivity index (χ2v) is 9.28. The molecular formula is C28H31F3N6O5. The van der Waals surface area contributed by atoms with Gasteiger partial charge in [-0.2, -0.15) is 28.1 Å². The molecule has 0 spiro atoms. The Morgan fingerprint density at radius 1 is 1.00 bits per heavy atom. The van der Waals surface area contributed by atoms with E-state index in [2.05, 4.69) is 25.6 Å². The van der Waals surface area contributed by atoms with Gasteiger partial charge in [-0.25, -0.2) is 4.79 Å². The number of carbonyl (C=O) groups is 2. The standard InChI is InChI=1S/C28H31F3N6O5/c1-2-40-27(39)37-13-3-12-32-24(38)21-8-4-19(5-9-21)16-23-34-25(36-26(35-23)42-18-28(29,30)31)33-17-20-6-10-22(11-7-20)41-15-14-37/h4-11H,2-3,12-18H2,1H3,(H,32,38)(H,33,34,35,36). The number of rotatable bonds is 3. The summed E-state index contributed by atoms with van der Waals surface area (Å²) in [5.74, 6) is 0.535. The predicted molar refractivity (Wildman–Crippen MR) is 145 cm³/mol. The molecular weight excluding hydrogens is 557 g/mol. The molecule has 0 unspecified atom stereocenters. The van der Waals surface area contributed by atoms with E-state index in [1.807, 2.05) is 12.1 Å². The van der Waals surface area contributed by atoms with Crippen molar-refractivity contribution in [2.45, 2.75) is 32.5 Å². The first kappa shape index (κ1) is 30.3. The molecule has 0 atom stereocenters. The van der Waals surface area contributed by atoms with Gasteiger partial charge < -0.3 is 29.7 Å². The number of carbonyl (C=O) groups excluding carboxylic acids is 2. The predicted octanol–water partition coefficient (Wildman–Crippen LogP) is 3.99. The van der Waals surface area contributed by atoms with Crippen LogP contribution in [-0.4, -0.2) is 77.5 Å². The Morgan fingerprint density at radius 2 is 1.74 bits per heavy atom. The zero-order chi connectivity index (χ0) is 30.0. The van der Waals surface area contributed by atoms with Crippen molar-refractivity contribution in [2.75, 3.05) is 44.8 Å². The minimum Gasteiger partial charge on any atom is -0.492 e. The summed E-state index contributed by atoms with van der Waals surface area (Å²) >= 11 is 0. The Balaban J connectivity index is 1.55. The van der Waals surface area contributed by atoms with Gasteiger partial charge in [0, 0.05) is 31.6 Å². The molecule has 4 aliphatic rings. The maximum Gasteiger partial charge on any atom is 0.422 e. The third-order valence-electron chi connectivity index (χ3n) is 6.02. The van der Waals surface area contributed by atoms with Gasteiger partial charge in [-0.3, -0.25) is 4.79 Å². The van der Waals surface area contributed by atoms with Crippen molar-refractivity contribution in [3.8, 4) is 11.8 Å². The van der Waals surface area contributed by atoms with Crippen molar-refractivity contribution >= 4 is 17.9 Å². The number of ether oxygens (including phenoxy) is 3. The highest BCUT2D eigenvalue weighted by Crippen LogP contribution is 2.19. The first-order valence-corrected chi connectivity index (χ1v) is 13.4. The van der Waals surface area contributed by atoms with E-state index in [9.17, 15) is 22.8 Å². The van der Waals surface area contributed by atoms with E-state index >= 15 is 0 Å². The fourth-order valence-electron chi connectivity index (χ4n) is 3.97. The molecule has 7 rings (SSSR count). The highest BCUT2D eigenvalue weighted by Gasteiger charge is 2.29. The number of halogens is 3. The van der Waals surface area contributed by atoms with Crippen molar-refractivity contribution in [3.05, 3.63) is 71.0 Å². The monoisotopic (exact) mass is 588 g/mol. The topological polar surface area (TPSA) is 128 Å². The maximum atomic E-state index is 12.8. The Kier molecular flexibility index (Phi) is 10.3. The lowest BCUT2D eigenvalue weighted by molar-refractivity contribution is -0.154. The molecule has 3 aromatic rings. The van der Waals surface area contributed by atoms with Crippen LogP contribution in [0.4, 0.5) is 23.9 Å². The van der Waals surface area contributed by atoms with Crippen LogP contribution in [0.15, 0.2) is 48.5 Å². The zero-order valence-electron chi connectivity index (χ0n) is 22.9. The summed E-state index contributed by atoms with van der Waals surface area (Å²) in [7, 11) is 0.